The number of ether oxygens (including phenoxy) is 5. The second-order valence-electron chi connectivity index (χ2n) is 12.4. The van der Waals surface area contributed by atoms with Crippen molar-refractivity contribution in [3.63, 3.8) is 0 Å². The van der Waals surface area contributed by atoms with Crippen molar-refractivity contribution in [1.82, 2.24) is 19.4 Å². The SMILES string of the molecule is COC(=O)c1ccc2nc(CN3CCN(c4cccc5c4O[C@@](C)(c4ccc(Cl)cn4)O5)[C@@H]4COC[C@@H]43)n(C[C@@H]3CCCO3)c2c1. The molecule has 0 saturated carbocycles. The molecule has 3 fully saturated rings. The van der Waals surface area contributed by atoms with Crippen LogP contribution in [0.2, 0.25) is 5.02 Å². The van der Waals surface area contributed by atoms with Crippen LogP contribution in [0.3, 0.4) is 0 Å². The molecule has 0 bridgehead atoms. The third-order valence-corrected chi connectivity index (χ3v) is 9.81. The molecule has 12 heteroatoms. The van der Waals surface area contributed by atoms with E-state index in [4.69, 9.17) is 40.3 Å². The van der Waals surface area contributed by atoms with Gasteiger partial charge in [-0.1, -0.05) is 17.7 Å². The maximum absolute atomic E-state index is 12.4. The van der Waals surface area contributed by atoms with Crippen LogP contribution < -0.4 is 14.4 Å². The number of nitrogens with zero attached hydrogens (tertiary/aromatic N) is 5. The van der Waals surface area contributed by atoms with E-state index in [0.29, 0.717) is 54.1 Å². The van der Waals surface area contributed by atoms with E-state index in [9.17, 15) is 4.79 Å². The number of esters is 1. The summed E-state index contributed by atoms with van der Waals surface area (Å²) in [6.07, 6.45) is 3.78. The standard InChI is InChI=1S/C34H36ClN5O6/c1-34(30-11-9-22(35)16-36-30)45-29-7-3-6-25(32(29)46-34)39-13-12-38(27-19-43-20-28(27)39)18-31-37-24-10-8-21(33(41)42-2)15-26(24)40(31)17-23-5-4-14-44-23/h3,6-11,15-16,23,27-28H,4-5,12-14,17-20H2,1-2H3/t23-,27-,28+,34-/m0/s1. The smallest absolute Gasteiger partial charge is 0.337 e. The topological polar surface area (TPSA) is 100 Å². The van der Waals surface area contributed by atoms with Gasteiger partial charge >= 0.3 is 5.97 Å². The third-order valence-electron chi connectivity index (χ3n) is 9.58. The van der Waals surface area contributed by atoms with Gasteiger partial charge in [0.2, 0.25) is 0 Å². The predicted octanol–water partition coefficient (Wildman–Crippen LogP) is 4.78. The molecule has 4 aliphatic heterocycles. The fraction of sp³-hybridized carbons (Fsp3) is 0.441. The highest BCUT2D eigenvalue weighted by atomic mass is 35.5. The number of fused-ring (bicyclic) bond motifs is 3. The Morgan fingerprint density at radius 3 is 2.80 bits per heavy atom. The maximum atomic E-state index is 12.4. The number of imidazole rings is 1. The van der Waals surface area contributed by atoms with Crippen LogP contribution in [0.1, 0.15) is 41.6 Å². The van der Waals surface area contributed by atoms with Gasteiger partial charge in [-0.05, 0) is 55.3 Å². The summed E-state index contributed by atoms with van der Waals surface area (Å²) in [4.78, 5) is 26.8. The van der Waals surface area contributed by atoms with Gasteiger partial charge in [-0.15, -0.1) is 0 Å². The van der Waals surface area contributed by atoms with Crippen LogP contribution in [-0.2, 0) is 33.1 Å². The van der Waals surface area contributed by atoms with Crippen LogP contribution >= 0.6 is 11.6 Å². The molecule has 2 aromatic heterocycles. The van der Waals surface area contributed by atoms with E-state index in [0.717, 1.165) is 55.1 Å². The highest BCUT2D eigenvalue weighted by Crippen LogP contribution is 2.50. The molecule has 0 amide bonds. The van der Waals surface area contributed by atoms with Crippen LogP contribution in [0.25, 0.3) is 11.0 Å². The van der Waals surface area contributed by atoms with Crippen molar-refractivity contribution in [3.8, 4) is 11.5 Å². The molecule has 11 nitrogen and oxygen atoms in total. The lowest BCUT2D eigenvalue weighted by molar-refractivity contribution is -0.0716. The number of rotatable bonds is 7. The van der Waals surface area contributed by atoms with Gasteiger partial charge in [-0.25, -0.2) is 9.78 Å². The van der Waals surface area contributed by atoms with Gasteiger partial charge in [0.05, 0.1) is 78.9 Å². The maximum Gasteiger partial charge on any atom is 0.337 e. The summed E-state index contributed by atoms with van der Waals surface area (Å²) in [5.41, 5.74) is 3.92. The Hall–Kier alpha value is -3.90. The fourth-order valence-electron chi connectivity index (χ4n) is 7.24. The van der Waals surface area contributed by atoms with E-state index in [2.05, 4.69) is 25.4 Å². The monoisotopic (exact) mass is 645 g/mol. The number of para-hydroxylation sites is 1. The lowest BCUT2D eigenvalue weighted by Gasteiger charge is -2.44. The molecule has 0 radical (unpaired) electrons. The van der Waals surface area contributed by atoms with Crippen LogP contribution in [0.15, 0.2) is 54.7 Å². The summed E-state index contributed by atoms with van der Waals surface area (Å²) in [6.45, 7) is 6.81. The number of carbonyl (C=O) groups is 1. The lowest BCUT2D eigenvalue weighted by Crippen LogP contribution is -2.59. The quantitative estimate of drug-likeness (QED) is 0.261. The molecule has 0 unspecified atom stereocenters. The lowest BCUT2D eigenvalue weighted by atomic mass is 10.0. The summed E-state index contributed by atoms with van der Waals surface area (Å²) >= 11 is 6.09. The predicted molar refractivity (Wildman–Crippen MR) is 170 cm³/mol. The molecular weight excluding hydrogens is 610 g/mol. The molecule has 240 valence electrons. The van der Waals surface area contributed by atoms with E-state index < -0.39 is 5.79 Å². The number of halogens is 1. The van der Waals surface area contributed by atoms with Crippen LogP contribution in [-0.4, -0.2) is 83.6 Å². The van der Waals surface area contributed by atoms with Crippen LogP contribution in [0.4, 0.5) is 5.69 Å². The molecule has 0 N–H and O–H groups in total. The zero-order chi connectivity index (χ0) is 31.4. The van der Waals surface area contributed by atoms with Crippen LogP contribution in [0, 0.1) is 0 Å². The number of aromatic nitrogens is 3. The van der Waals surface area contributed by atoms with Gasteiger partial charge in [-0.3, -0.25) is 9.88 Å². The van der Waals surface area contributed by atoms with E-state index >= 15 is 0 Å². The Morgan fingerprint density at radius 1 is 1.11 bits per heavy atom. The number of anilines is 1. The van der Waals surface area contributed by atoms with E-state index in [-0.39, 0.29) is 24.2 Å². The highest BCUT2D eigenvalue weighted by molar-refractivity contribution is 6.30. The number of pyridine rings is 1. The van der Waals surface area contributed by atoms with Crippen molar-refractivity contribution in [3.05, 3.63) is 76.8 Å². The Labute approximate surface area is 271 Å². The second-order valence-corrected chi connectivity index (χ2v) is 12.9. The van der Waals surface area contributed by atoms with Gasteiger partial charge in [0.15, 0.2) is 11.5 Å². The van der Waals surface area contributed by atoms with Gasteiger partial charge < -0.3 is 33.2 Å². The Morgan fingerprint density at radius 2 is 2.00 bits per heavy atom. The van der Waals surface area contributed by atoms with Crippen molar-refractivity contribution in [1.29, 1.82) is 0 Å². The first-order chi connectivity index (χ1) is 22.4. The largest absolute Gasteiger partial charge is 0.465 e. The van der Waals surface area contributed by atoms with E-state index in [1.807, 2.05) is 37.3 Å². The third kappa shape index (κ3) is 5.15. The second kappa shape index (κ2) is 11.7. The zero-order valence-electron chi connectivity index (χ0n) is 25.9. The number of hydrogen-bond donors (Lipinski definition) is 0. The minimum absolute atomic E-state index is 0.117. The van der Waals surface area contributed by atoms with Crippen molar-refractivity contribution in [2.75, 3.05) is 44.9 Å². The first-order valence-corrected chi connectivity index (χ1v) is 16.2. The molecule has 4 aromatic rings. The van der Waals surface area contributed by atoms with Gasteiger partial charge in [0.25, 0.3) is 5.79 Å². The minimum atomic E-state index is -1.06. The summed E-state index contributed by atoms with van der Waals surface area (Å²) in [6, 6.07) is 15.5. The molecule has 0 aliphatic carbocycles. The molecule has 4 atom stereocenters. The Balaban J connectivity index is 1.07. The number of hydrogen-bond acceptors (Lipinski definition) is 10. The first-order valence-electron chi connectivity index (χ1n) is 15.8. The van der Waals surface area contributed by atoms with Crippen molar-refractivity contribution in [2.45, 2.75) is 56.8 Å². The normalized spacial score (nSPS) is 25.7. The number of carbonyl (C=O) groups excluding carboxylic acids is 1. The fourth-order valence-corrected chi connectivity index (χ4v) is 7.36. The molecule has 46 heavy (non-hydrogen) atoms. The van der Waals surface area contributed by atoms with Crippen molar-refractivity contribution in [2.24, 2.45) is 0 Å². The average Bonchev–Trinajstić information content (AvgIpc) is 3.88. The molecule has 2 aromatic carbocycles. The highest BCUT2D eigenvalue weighted by Gasteiger charge is 2.46. The minimum Gasteiger partial charge on any atom is -0.465 e. The molecule has 0 spiro atoms. The summed E-state index contributed by atoms with van der Waals surface area (Å²) in [5, 5.41) is 0.557. The van der Waals surface area contributed by atoms with Gasteiger partial charge in [0, 0.05) is 32.8 Å². The van der Waals surface area contributed by atoms with Crippen molar-refractivity contribution < 1.29 is 28.5 Å². The van der Waals surface area contributed by atoms with Crippen LogP contribution in [0.5, 0.6) is 11.5 Å². The summed E-state index contributed by atoms with van der Waals surface area (Å²) in [7, 11) is 1.40. The molecule has 8 rings (SSSR count). The Kier molecular flexibility index (Phi) is 7.51. The van der Waals surface area contributed by atoms with Gasteiger partial charge in [-0.2, -0.15) is 0 Å². The van der Waals surface area contributed by atoms with Gasteiger partial charge in [0.1, 0.15) is 11.5 Å². The molecular formula is C34H36ClN5O6. The zero-order valence-corrected chi connectivity index (χ0v) is 26.6. The number of piperazine rings is 1. The van der Waals surface area contributed by atoms with Crippen molar-refractivity contribution >= 4 is 34.3 Å². The first kappa shape index (κ1) is 29.5. The summed E-state index contributed by atoms with van der Waals surface area (Å²) in [5.74, 6) is 0.924. The molecule has 6 heterocycles. The van der Waals surface area contributed by atoms with E-state index in [1.165, 1.54) is 7.11 Å². The summed E-state index contributed by atoms with van der Waals surface area (Å²) < 4.78 is 32.3. The molecule has 4 aliphatic rings. The van der Waals surface area contributed by atoms with E-state index in [1.54, 1.807) is 18.3 Å². The number of benzene rings is 2. The average molecular weight is 646 g/mol. The number of methoxy groups -OCH3 is 1. The Bertz CT molecular complexity index is 1780. The molecule has 3 saturated heterocycles.